The molecule has 0 aromatic carbocycles. The van der Waals surface area contributed by atoms with E-state index in [1.54, 1.807) is 6.07 Å². The lowest BCUT2D eigenvalue weighted by Gasteiger charge is -2.34. The van der Waals surface area contributed by atoms with Crippen LogP contribution in [0.1, 0.15) is 18.7 Å². The van der Waals surface area contributed by atoms with Gasteiger partial charge in [0.25, 0.3) is 10.0 Å². The number of nitrogens with zero attached hydrogens (tertiary/aromatic N) is 2. The number of thiophene rings is 1. The third kappa shape index (κ3) is 2.57. The van der Waals surface area contributed by atoms with Gasteiger partial charge in [-0.1, -0.05) is 0 Å². The first-order chi connectivity index (χ1) is 8.43. The van der Waals surface area contributed by atoms with Crippen molar-refractivity contribution in [1.82, 2.24) is 9.62 Å². The lowest BCUT2D eigenvalue weighted by atomic mass is 10.2. The van der Waals surface area contributed by atoms with Crippen LogP contribution < -0.4 is 5.32 Å². The van der Waals surface area contributed by atoms with Crippen molar-refractivity contribution < 1.29 is 8.42 Å². The first-order valence-electron chi connectivity index (χ1n) is 5.69. The van der Waals surface area contributed by atoms with Crippen LogP contribution in [0.15, 0.2) is 16.3 Å². The fraction of sp³-hybridized carbons (Fsp3) is 0.545. The monoisotopic (exact) mass is 285 g/mol. The molecule has 1 aliphatic rings. The van der Waals surface area contributed by atoms with Gasteiger partial charge in [-0.3, -0.25) is 0 Å². The highest BCUT2D eigenvalue weighted by molar-refractivity contribution is 7.91. The molecule has 1 aliphatic heterocycles. The van der Waals surface area contributed by atoms with E-state index in [-0.39, 0.29) is 16.3 Å². The zero-order valence-electron chi connectivity index (χ0n) is 10.3. The van der Waals surface area contributed by atoms with Crippen LogP contribution in [0.25, 0.3) is 0 Å². The quantitative estimate of drug-likeness (QED) is 0.879. The second-order valence-electron chi connectivity index (χ2n) is 4.52. The Balaban J connectivity index is 2.28. The van der Waals surface area contributed by atoms with Crippen LogP contribution in [0, 0.1) is 11.3 Å². The van der Waals surface area contributed by atoms with Gasteiger partial charge in [-0.05, 0) is 26.0 Å². The Kier molecular flexibility index (Phi) is 3.73. The lowest BCUT2D eigenvalue weighted by molar-refractivity contribution is 0.263. The fourth-order valence-corrected chi connectivity index (χ4v) is 4.99. The summed E-state index contributed by atoms with van der Waals surface area (Å²) in [5.41, 5.74) is 0. The zero-order chi connectivity index (χ0) is 13.3. The maximum Gasteiger partial charge on any atom is 0.252 e. The summed E-state index contributed by atoms with van der Waals surface area (Å²) in [6.45, 7) is 4.86. The fourth-order valence-electron chi connectivity index (χ4n) is 2.12. The molecule has 5 nitrogen and oxygen atoms in total. The van der Waals surface area contributed by atoms with Gasteiger partial charge in [0.1, 0.15) is 15.2 Å². The Morgan fingerprint density at radius 2 is 2.00 bits per heavy atom. The van der Waals surface area contributed by atoms with Crippen molar-refractivity contribution in [1.29, 1.82) is 5.26 Å². The minimum atomic E-state index is -3.46. The molecule has 2 rings (SSSR count). The molecular weight excluding hydrogens is 270 g/mol. The molecule has 1 N–H and O–H groups in total. The van der Waals surface area contributed by atoms with Gasteiger partial charge >= 0.3 is 0 Å². The lowest BCUT2D eigenvalue weighted by Crippen LogP contribution is -2.55. The van der Waals surface area contributed by atoms with Crippen LogP contribution in [0.5, 0.6) is 0 Å². The van der Waals surface area contributed by atoms with E-state index in [1.807, 2.05) is 19.9 Å². The molecule has 1 fully saturated rings. The summed E-state index contributed by atoms with van der Waals surface area (Å²) in [7, 11) is -3.46. The molecule has 1 saturated heterocycles. The molecule has 7 heteroatoms. The number of nitrogens with one attached hydrogen (secondary N) is 1. The van der Waals surface area contributed by atoms with Gasteiger partial charge < -0.3 is 5.32 Å². The van der Waals surface area contributed by atoms with Gasteiger partial charge in [-0.2, -0.15) is 9.57 Å². The smallest absolute Gasteiger partial charge is 0.252 e. The molecule has 0 aliphatic carbocycles. The van der Waals surface area contributed by atoms with E-state index >= 15 is 0 Å². The van der Waals surface area contributed by atoms with Crippen LogP contribution in [0.2, 0.25) is 0 Å². The van der Waals surface area contributed by atoms with E-state index in [9.17, 15) is 8.42 Å². The first kappa shape index (κ1) is 13.5. The van der Waals surface area contributed by atoms with Gasteiger partial charge in [-0.15, -0.1) is 11.3 Å². The van der Waals surface area contributed by atoms with E-state index < -0.39 is 10.0 Å². The summed E-state index contributed by atoms with van der Waals surface area (Å²) in [5, 5.41) is 12.0. The third-order valence-corrected chi connectivity index (χ3v) is 6.10. The molecule has 2 atom stereocenters. The van der Waals surface area contributed by atoms with Crippen molar-refractivity contribution in [3.05, 3.63) is 17.0 Å². The topological polar surface area (TPSA) is 73.2 Å². The minimum Gasteiger partial charge on any atom is -0.309 e. The standard InChI is InChI=1S/C11H15N3O2S2/c1-8-6-14(7-9(2)13-8)18(15,16)11-4-3-10(5-12)17-11/h3-4,8-9,13H,6-7H2,1-2H3. The van der Waals surface area contributed by atoms with Gasteiger partial charge in [0.2, 0.25) is 0 Å². The van der Waals surface area contributed by atoms with Crippen molar-refractivity contribution in [2.45, 2.75) is 30.1 Å². The molecule has 2 heterocycles. The van der Waals surface area contributed by atoms with Crippen molar-refractivity contribution in [3.63, 3.8) is 0 Å². The normalized spacial score (nSPS) is 25.8. The maximum atomic E-state index is 12.4. The van der Waals surface area contributed by atoms with Crippen LogP contribution in [-0.2, 0) is 10.0 Å². The Labute approximate surface area is 111 Å². The molecule has 1 aromatic heterocycles. The Hall–Kier alpha value is -0.940. The van der Waals surface area contributed by atoms with Crippen LogP contribution in [0.3, 0.4) is 0 Å². The van der Waals surface area contributed by atoms with Crippen molar-refractivity contribution in [3.8, 4) is 6.07 Å². The number of sulfonamides is 1. The number of hydrogen-bond acceptors (Lipinski definition) is 5. The van der Waals surface area contributed by atoms with Gasteiger partial charge in [0.15, 0.2) is 0 Å². The predicted molar refractivity (Wildman–Crippen MR) is 69.9 cm³/mol. The highest BCUT2D eigenvalue weighted by atomic mass is 32.2. The Bertz CT molecular complexity index is 563. The van der Waals surface area contributed by atoms with E-state index in [4.69, 9.17) is 5.26 Å². The summed E-state index contributed by atoms with van der Waals surface area (Å²) in [6, 6.07) is 5.30. The third-order valence-electron chi connectivity index (χ3n) is 2.81. The second-order valence-corrected chi connectivity index (χ2v) is 7.77. The second kappa shape index (κ2) is 4.97. The zero-order valence-corrected chi connectivity index (χ0v) is 11.9. The maximum absolute atomic E-state index is 12.4. The molecule has 0 radical (unpaired) electrons. The molecule has 0 amide bonds. The Morgan fingerprint density at radius 1 is 1.39 bits per heavy atom. The Morgan fingerprint density at radius 3 is 2.50 bits per heavy atom. The minimum absolute atomic E-state index is 0.138. The van der Waals surface area contributed by atoms with Gasteiger partial charge in [-0.25, -0.2) is 8.42 Å². The number of rotatable bonds is 2. The summed E-state index contributed by atoms with van der Waals surface area (Å²) in [4.78, 5) is 0.421. The summed E-state index contributed by atoms with van der Waals surface area (Å²) >= 11 is 1.02. The van der Waals surface area contributed by atoms with Gasteiger partial charge in [0.05, 0.1) is 0 Å². The number of nitriles is 1. The van der Waals surface area contributed by atoms with Crippen molar-refractivity contribution in [2.24, 2.45) is 0 Å². The average Bonchev–Trinajstić information content (AvgIpc) is 2.76. The van der Waals surface area contributed by atoms with E-state index in [0.717, 1.165) is 11.3 Å². The molecule has 0 spiro atoms. The van der Waals surface area contributed by atoms with E-state index in [2.05, 4.69) is 5.32 Å². The summed E-state index contributed by atoms with van der Waals surface area (Å²) in [5.74, 6) is 0. The van der Waals surface area contributed by atoms with Crippen LogP contribution in [0.4, 0.5) is 0 Å². The number of piperazine rings is 1. The summed E-state index contributed by atoms with van der Waals surface area (Å²) < 4.78 is 26.6. The molecule has 18 heavy (non-hydrogen) atoms. The molecule has 0 bridgehead atoms. The van der Waals surface area contributed by atoms with Crippen LogP contribution in [-0.4, -0.2) is 37.9 Å². The largest absolute Gasteiger partial charge is 0.309 e. The molecular formula is C11H15N3O2S2. The van der Waals surface area contributed by atoms with E-state index in [1.165, 1.54) is 10.4 Å². The average molecular weight is 285 g/mol. The SMILES string of the molecule is CC1CN(S(=O)(=O)c2ccc(C#N)s2)CC(C)N1. The predicted octanol–water partition coefficient (Wildman–Crippen LogP) is 0.991. The van der Waals surface area contributed by atoms with Gasteiger partial charge in [0, 0.05) is 25.2 Å². The molecule has 1 aromatic rings. The highest BCUT2D eigenvalue weighted by Crippen LogP contribution is 2.25. The highest BCUT2D eigenvalue weighted by Gasteiger charge is 2.32. The van der Waals surface area contributed by atoms with E-state index in [0.29, 0.717) is 18.0 Å². The molecule has 98 valence electrons. The van der Waals surface area contributed by atoms with Crippen LogP contribution >= 0.6 is 11.3 Å². The first-order valence-corrected chi connectivity index (χ1v) is 7.95. The molecule has 0 saturated carbocycles. The summed E-state index contributed by atoms with van der Waals surface area (Å²) in [6.07, 6.45) is 0. The molecule has 2 unspecified atom stereocenters. The van der Waals surface area contributed by atoms with Crippen molar-refractivity contribution in [2.75, 3.05) is 13.1 Å². The van der Waals surface area contributed by atoms with Crippen molar-refractivity contribution >= 4 is 21.4 Å². The number of hydrogen-bond donors (Lipinski definition) is 1.